The molecule has 0 amide bonds. The lowest BCUT2D eigenvalue weighted by molar-refractivity contribution is -0.162. The fourth-order valence-electron chi connectivity index (χ4n) is 8.35. The molecular weight excluding hydrogens is 725 g/mol. The number of aliphatic hydroxyl groups is 2. The van der Waals surface area contributed by atoms with Crippen molar-refractivity contribution in [3.05, 3.63) is 96.7 Å². The fourth-order valence-corrected chi connectivity index (χ4v) is 8.35. The zero-order valence-electron chi connectivity index (χ0n) is 34.2. The zero-order chi connectivity index (χ0) is 40.7. The van der Waals surface area contributed by atoms with E-state index in [9.17, 15) is 19.8 Å². The van der Waals surface area contributed by atoms with Gasteiger partial charge in [-0.05, 0) is 69.4 Å². The van der Waals surface area contributed by atoms with Gasteiger partial charge >= 0.3 is 11.9 Å². The minimum Gasteiger partial charge on any atom is -0.481 e. The molecule has 6 aliphatic heterocycles. The topological polar surface area (TPSA) is 141 Å². The van der Waals surface area contributed by atoms with E-state index in [1.807, 2.05) is 50.3 Å². The molecule has 10 heteroatoms. The van der Waals surface area contributed by atoms with Crippen LogP contribution in [0.2, 0.25) is 0 Å². The van der Waals surface area contributed by atoms with Gasteiger partial charge in [0.2, 0.25) is 0 Å². The van der Waals surface area contributed by atoms with Crippen molar-refractivity contribution in [2.24, 2.45) is 17.8 Å². The van der Waals surface area contributed by atoms with E-state index in [0.717, 1.165) is 37.7 Å². The highest BCUT2D eigenvalue weighted by atomic mass is 16.6. The van der Waals surface area contributed by atoms with E-state index in [-0.39, 0.29) is 60.8 Å². The molecule has 0 spiro atoms. The molecule has 314 valence electrons. The number of ether oxygens (including phenoxy) is 5. The predicted octanol–water partition coefficient (Wildman–Crippen LogP) is 7.83. The summed E-state index contributed by atoms with van der Waals surface area (Å²) in [6, 6.07) is 0. The first-order valence-electron chi connectivity index (χ1n) is 21.2. The van der Waals surface area contributed by atoms with Crippen LogP contribution in [-0.4, -0.2) is 94.4 Å². The number of carbonyl (C=O) groups is 2. The molecule has 6 rings (SSSR count). The van der Waals surface area contributed by atoms with Gasteiger partial charge in [-0.3, -0.25) is 4.79 Å². The maximum Gasteiger partial charge on any atom is 0.331 e. The molecule has 3 N–H and O–H groups in total. The molecule has 0 unspecified atom stereocenters. The van der Waals surface area contributed by atoms with E-state index in [4.69, 9.17) is 28.8 Å². The van der Waals surface area contributed by atoms with Gasteiger partial charge in [-0.15, -0.1) is 0 Å². The van der Waals surface area contributed by atoms with Crippen LogP contribution >= 0.6 is 0 Å². The molecule has 0 saturated carbocycles. The monoisotopic (exact) mass is 790 g/mol. The number of aliphatic hydroxyl groups excluding tert-OH is 2. The molecule has 14 atom stereocenters. The minimum absolute atomic E-state index is 0.0508. The van der Waals surface area contributed by atoms with Gasteiger partial charge in [-0.1, -0.05) is 106 Å². The molecule has 6 aliphatic rings. The largest absolute Gasteiger partial charge is 0.481 e. The van der Waals surface area contributed by atoms with Crippen molar-refractivity contribution in [3.8, 4) is 0 Å². The number of carbonyl (C=O) groups excluding carboxylic acids is 1. The quantitative estimate of drug-likeness (QED) is 0.133. The summed E-state index contributed by atoms with van der Waals surface area (Å²) in [7, 11) is 0. The highest BCUT2D eigenvalue weighted by molar-refractivity contribution is 5.82. The SMILES string of the molecule is C/C(=C\[C@@H](C)CCCCC(=O)O)[C@H]1O[C@@H]2C=C[C@@H]1OC(=O)C=C/C=C/C=C[C@H]1O[C@H]3C[C@H]1O[C@@H](C=CC[C@H]1O[C@@H](C[C@@H](O)[C@@H]1C)[C@@H](O)C/C=C/CC/C=C/C2)[C@H]3C. The molecule has 0 aromatic heterocycles. The summed E-state index contributed by atoms with van der Waals surface area (Å²) in [6.45, 7) is 8.27. The van der Waals surface area contributed by atoms with Crippen molar-refractivity contribution in [2.45, 2.75) is 165 Å². The Balaban J connectivity index is 1.27. The Morgan fingerprint density at radius 1 is 0.737 bits per heavy atom. The molecule has 3 saturated heterocycles. The molecule has 0 aliphatic carbocycles. The molecule has 0 radical (unpaired) electrons. The number of allylic oxidation sites excluding steroid dienone is 7. The van der Waals surface area contributed by atoms with Gasteiger partial charge in [0.05, 0.1) is 48.8 Å². The van der Waals surface area contributed by atoms with Crippen molar-refractivity contribution in [2.75, 3.05) is 0 Å². The summed E-state index contributed by atoms with van der Waals surface area (Å²) in [5.41, 5.74) is 0.970. The van der Waals surface area contributed by atoms with Gasteiger partial charge in [0.15, 0.2) is 6.10 Å². The maximum atomic E-state index is 13.0. The number of fused-ring (bicyclic) bond motifs is 13. The molecule has 0 aromatic carbocycles. The Bertz CT molecular complexity index is 1540. The standard InChI is InChI=1S/C47H66O10/c1-31(18-15-16-24-45(50)51)28-32(2)47-41-27-26-35(53-47)19-11-7-5-6-8-12-20-36(48)43-29-37(49)33(3)38(54-43)22-17-23-39-34(4)42-30-44(55-39)40(56-42)21-13-9-10-14-25-46(52)57-41/h7-14,17,21,23,25-28,31,33-44,47-49H,5-6,15-16,18-20,22,24,29-30H2,1-4H3,(H,50,51)/b10-9+,11-7+,12-8+,21-13?,23-17?,25-14?,32-28+/t31-,33-,34+,35-,36-,37+,38+,39-,40+,41-,42-,43-,44+,47+/m0/s1. The fraction of sp³-hybridized carbons (Fsp3) is 0.617. The van der Waals surface area contributed by atoms with Crippen LogP contribution in [0.3, 0.4) is 0 Å². The van der Waals surface area contributed by atoms with Crippen molar-refractivity contribution < 1.29 is 48.6 Å². The van der Waals surface area contributed by atoms with E-state index >= 15 is 0 Å². The number of esters is 1. The Kier molecular flexibility index (Phi) is 17.8. The molecule has 57 heavy (non-hydrogen) atoms. The van der Waals surface area contributed by atoms with E-state index in [1.165, 1.54) is 6.08 Å². The first-order valence-corrected chi connectivity index (χ1v) is 21.2. The molecular formula is C47H66O10. The molecule has 6 heterocycles. The first kappa shape index (κ1) is 44.7. The highest BCUT2D eigenvalue weighted by Gasteiger charge is 2.45. The summed E-state index contributed by atoms with van der Waals surface area (Å²) < 4.78 is 31.7. The third kappa shape index (κ3) is 13.9. The second-order valence-electron chi connectivity index (χ2n) is 16.5. The summed E-state index contributed by atoms with van der Waals surface area (Å²) in [4.78, 5) is 23.9. The second kappa shape index (κ2) is 22.7. The lowest BCUT2D eigenvalue weighted by Gasteiger charge is -2.39. The van der Waals surface area contributed by atoms with Gasteiger partial charge in [0, 0.05) is 37.2 Å². The van der Waals surface area contributed by atoms with Gasteiger partial charge in [0.1, 0.15) is 12.2 Å². The Labute approximate surface area is 339 Å². The predicted molar refractivity (Wildman–Crippen MR) is 220 cm³/mol. The number of carboxylic acid groups (broad SMARTS) is 1. The van der Waals surface area contributed by atoms with E-state index in [1.54, 1.807) is 12.2 Å². The molecule has 7 bridgehead atoms. The van der Waals surface area contributed by atoms with Crippen LogP contribution in [0.25, 0.3) is 0 Å². The Hall–Kier alpha value is -3.38. The second-order valence-corrected chi connectivity index (χ2v) is 16.5. The number of unbranched alkanes of at least 4 members (excludes halogenated alkanes) is 1. The summed E-state index contributed by atoms with van der Waals surface area (Å²) in [6.07, 6.45) is 32.9. The van der Waals surface area contributed by atoms with Crippen LogP contribution < -0.4 is 0 Å². The third-order valence-electron chi connectivity index (χ3n) is 11.9. The molecule has 3 fully saturated rings. The average Bonchev–Trinajstić information content (AvgIpc) is 3.53. The number of hydrogen-bond acceptors (Lipinski definition) is 9. The Morgan fingerprint density at radius 3 is 2.28 bits per heavy atom. The van der Waals surface area contributed by atoms with Crippen LogP contribution in [0.1, 0.15) is 98.3 Å². The Morgan fingerprint density at radius 2 is 1.49 bits per heavy atom. The summed E-state index contributed by atoms with van der Waals surface area (Å²) >= 11 is 0. The van der Waals surface area contributed by atoms with Gasteiger partial charge < -0.3 is 39.0 Å². The average molecular weight is 791 g/mol. The van der Waals surface area contributed by atoms with E-state index in [0.29, 0.717) is 32.1 Å². The van der Waals surface area contributed by atoms with Gasteiger partial charge in [-0.2, -0.15) is 0 Å². The maximum absolute atomic E-state index is 13.0. The van der Waals surface area contributed by atoms with Crippen LogP contribution in [0.15, 0.2) is 96.7 Å². The van der Waals surface area contributed by atoms with Gasteiger partial charge in [0.25, 0.3) is 0 Å². The third-order valence-corrected chi connectivity index (χ3v) is 11.9. The zero-order valence-corrected chi connectivity index (χ0v) is 34.2. The molecule has 10 nitrogen and oxygen atoms in total. The lowest BCUT2D eigenvalue weighted by Crippen LogP contribution is -2.47. The highest BCUT2D eigenvalue weighted by Crippen LogP contribution is 2.38. The van der Waals surface area contributed by atoms with Crippen molar-refractivity contribution >= 4 is 11.9 Å². The number of aliphatic carboxylic acids is 1. The lowest BCUT2D eigenvalue weighted by atomic mass is 9.86. The van der Waals surface area contributed by atoms with Crippen LogP contribution in [0.5, 0.6) is 0 Å². The number of rotatable bonds is 7. The van der Waals surface area contributed by atoms with Gasteiger partial charge in [-0.25, -0.2) is 4.79 Å². The smallest absolute Gasteiger partial charge is 0.331 e. The molecule has 0 aromatic rings. The summed E-state index contributed by atoms with van der Waals surface area (Å²) in [5, 5.41) is 30.9. The van der Waals surface area contributed by atoms with E-state index < -0.39 is 42.5 Å². The van der Waals surface area contributed by atoms with Crippen molar-refractivity contribution in [1.29, 1.82) is 0 Å². The van der Waals surface area contributed by atoms with E-state index in [2.05, 4.69) is 50.3 Å². The van der Waals surface area contributed by atoms with Crippen LogP contribution in [-0.2, 0) is 33.3 Å². The first-order chi connectivity index (χ1) is 27.5. The normalized spacial score (nSPS) is 39.2. The number of hydrogen-bond donors (Lipinski definition) is 3. The number of carboxylic acids is 1. The van der Waals surface area contributed by atoms with Crippen molar-refractivity contribution in [3.63, 3.8) is 0 Å². The van der Waals surface area contributed by atoms with Crippen LogP contribution in [0.4, 0.5) is 0 Å². The minimum atomic E-state index is -0.777. The summed E-state index contributed by atoms with van der Waals surface area (Å²) in [5.74, 6) is -0.909. The van der Waals surface area contributed by atoms with Crippen molar-refractivity contribution in [1.82, 2.24) is 0 Å². The van der Waals surface area contributed by atoms with Crippen LogP contribution in [0, 0.1) is 17.8 Å².